The third kappa shape index (κ3) is 1.98. The number of fused-ring (bicyclic) bond motifs is 2. The zero-order chi connectivity index (χ0) is 13.4. The highest BCUT2D eigenvalue weighted by atomic mass is 32.1. The summed E-state index contributed by atoms with van der Waals surface area (Å²) in [5.41, 5.74) is 6.35. The van der Waals surface area contributed by atoms with Crippen LogP contribution in [0.3, 0.4) is 0 Å². The van der Waals surface area contributed by atoms with Gasteiger partial charge in [0.05, 0.1) is 0 Å². The molecule has 0 spiro atoms. The Morgan fingerprint density at radius 3 is 2.26 bits per heavy atom. The van der Waals surface area contributed by atoms with Crippen LogP contribution >= 0.6 is 12.2 Å². The van der Waals surface area contributed by atoms with Crippen molar-refractivity contribution in [3.05, 3.63) is 70.4 Å². The van der Waals surface area contributed by atoms with Crippen molar-refractivity contribution in [2.45, 2.75) is 0 Å². The average molecular weight is 265 g/mol. The number of benzene rings is 2. The molecule has 0 heterocycles. The second-order valence-corrected chi connectivity index (χ2v) is 4.86. The Labute approximate surface area is 115 Å². The van der Waals surface area contributed by atoms with E-state index in [1.807, 2.05) is 48.5 Å². The van der Waals surface area contributed by atoms with Crippen LogP contribution in [0, 0.1) is 0 Å². The number of hydrogen-bond donors (Lipinski definition) is 1. The SMILES string of the molecule is NC(=S)c1ccc2ccc3ccccc3c(=O)c2c1. The van der Waals surface area contributed by atoms with Crippen molar-refractivity contribution in [1.29, 1.82) is 0 Å². The van der Waals surface area contributed by atoms with Crippen molar-refractivity contribution in [1.82, 2.24) is 0 Å². The van der Waals surface area contributed by atoms with Gasteiger partial charge in [0.1, 0.15) is 4.99 Å². The van der Waals surface area contributed by atoms with Crippen LogP contribution in [-0.2, 0) is 0 Å². The van der Waals surface area contributed by atoms with Gasteiger partial charge in [-0.3, -0.25) is 4.79 Å². The van der Waals surface area contributed by atoms with E-state index in [2.05, 4.69) is 0 Å². The summed E-state index contributed by atoms with van der Waals surface area (Å²) in [4.78, 5) is 12.9. The van der Waals surface area contributed by atoms with Gasteiger partial charge in [-0.2, -0.15) is 0 Å². The third-order valence-electron chi connectivity index (χ3n) is 3.23. The Balaban J connectivity index is 2.54. The molecule has 2 N–H and O–H groups in total. The van der Waals surface area contributed by atoms with Gasteiger partial charge in [0.2, 0.25) is 0 Å². The number of nitrogens with two attached hydrogens (primary N) is 1. The quantitative estimate of drug-likeness (QED) is 0.688. The molecule has 0 aromatic heterocycles. The Morgan fingerprint density at radius 1 is 0.895 bits per heavy atom. The molecular weight excluding hydrogens is 254 g/mol. The van der Waals surface area contributed by atoms with Crippen LogP contribution in [0.1, 0.15) is 5.56 Å². The topological polar surface area (TPSA) is 43.1 Å². The van der Waals surface area contributed by atoms with Crippen molar-refractivity contribution in [2.24, 2.45) is 5.73 Å². The minimum atomic E-state index is 0.00806. The molecule has 19 heavy (non-hydrogen) atoms. The first-order valence-electron chi connectivity index (χ1n) is 5.92. The molecule has 0 aliphatic carbocycles. The normalized spacial score (nSPS) is 10.7. The molecule has 0 unspecified atom stereocenters. The number of hydrogen-bond acceptors (Lipinski definition) is 2. The van der Waals surface area contributed by atoms with E-state index in [9.17, 15) is 4.79 Å². The summed E-state index contributed by atoms with van der Waals surface area (Å²) < 4.78 is 0. The van der Waals surface area contributed by atoms with Crippen LogP contribution in [0.25, 0.3) is 21.5 Å². The van der Waals surface area contributed by atoms with Gasteiger partial charge in [0.25, 0.3) is 0 Å². The number of thiocarbonyl (C=S) groups is 1. The maximum absolute atomic E-state index is 12.6. The molecule has 0 fully saturated rings. The van der Waals surface area contributed by atoms with Gasteiger partial charge in [-0.25, -0.2) is 0 Å². The zero-order valence-electron chi connectivity index (χ0n) is 10.1. The maximum atomic E-state index is 12.6. The molecule has 0 saturated heterocycles. The predicted octanol–water partition coefficient (Wildman–Crippen LogP) is 2.99. The van der Waals surface area contributed by atoms with E-state index in [1.165, 1.54) is 0 Å². The van der Waals surface area contributed by atoms with Crippen LogP contribution in [0.2, 0.25) is 0 Å². The van der Waals surface area contributed by atoms with E-state index in [4.69, 9.17) is 18.0 Å². The van der Waals surface area contributed by atoms with Gasteiger partial charge < -0.3 is 5.73 Å². The highest BCUT2D eigenvalue weighted by Gasteiger charge is 2.04. The third-order valence-corrected chi connectivity index (χ3v) is 3.47. The van der Waals surface area contributed by atoms with Gasteiger partial charge >= 0.3 is 0 Å². The minimum Gasteiger partial charge on any atom is -0.389 e. The first-order valence-corrected chi connectivity index (χ1v) is 6.33. The monoisotopic (exact) mass is 265 g/mol. The smallest absolute Gasteiger partial charge is 0.194 e. The summed E-state index contributed by atoms with van der Waals surface area (Å²) in [5, 5.41) is 3.17. The molecule has 0 amide bonds. The molecule has 0 bridgehead atoms. The van der Waals surface area contributed by atoms with E-state index < -0.39 is 0 Å². The lowest BCUT2D eigenvalue weighted by atomic mass is 10.1. The van der Waals surface area contributed by atoms with Gasteiger partial charge in [-0.15, -0.1) is 0 Å². The fourth-order valence-electron chi connectivity index (χ4n) is 2.23. The maximum Gasteiger partial charge on any atom is 0.194 e. The Bertz CT molecular complexity index is 871. The van der Waals surface area contributed by atoms with Crippen molar-refractivity contribution in [2.75, 3.05) is 0 Å². The Kier molecular flexibility index (Phi) is 2.76. The molecule has 0 aliphatic rings. The lowest BCUT2D eigenvalue weighted by molar-refractivity contribution is 1.67. The van der Waals surface area contributed by atoms with Crippen molar-refractivity contribution < 1.29 is 0 Å². The van der Waals surface area contributed by atoms with Crippen LogP contribution in [0.4, 0.5) is 0 Å². The lowest BCUT2D eigenvalue weighted by Gasteiger charge is -1.98. The Morgan fingerprint density at radius 2 is 1.53 bits per heavy atom. The van der Waals surface area contributed by atoms with Crippen molar-refractivity contribution in [3.8, 4) is 0 Å². The van der Waals surface area contributed by atoms with E-state index in [0.717, 1.165) is 16.3 Å². The summed E-state index contributed by atoms with van der Waals surface area (Å²) in [6, 6.07) is 17.0. The second kappa shape index (κ2) is 4.44. The molecule has 92 valence electrons. The molecule has 0 saturated carbocycles. The average Bonchev–Trinajstić information content (AvgIpc) is 2.57. The summed E-state index contributed by atoms with van der Waals surface area (Å²) in [6.45, 7) is 0. The van der Waals surface area contributed by atoms with E-state index >= 15 is 0 Å². The zero-order valence-corrected chi connectivity index (χ0v) is 10.9. The lowest BCUT2D eigenvalue weighted by Crippen LogP contribution is -2.10. The highest BCUT2D eigenvalue weighted by Crippen LogP contribution is 2.16. The molecule has 2 nitrogen and oxygen atoms in total. The molecule has 3 aromatic rings. The minimum absolute atomic E-state index is 0.00806. The largest absolute Gasteiger partial charge is 0.389 e. The van der Waals surface area contributed by atoms with Crippen LogP contribution in [0.15, 0.2) is 59.4 Å². The molecule has 3 aromatic carbocycles. The Hall–Kier alpha value is -2.26. The fraction of sp³-hybridized carbons (Fsp3) is 0. The highest BCUT2D eigenvalue weighted by molar-refractivity contribution is 7.80. The van der Waals surface area contributed by atoms with Gasteiger partial charge in [0.15, 0.2) is 5.43 Å². The standard InChI is InChI=1S/C16H11NOS/c17-16(19)12-8-7-11-6-5-10-3-1-2-4-13(10)15(18)14(11)9-12/h1-9H,(H2,17,19). The fourth-order valence-corrected chi connectivity index (χ4v) is 2.35. The van der Waals surface area contributed by atoms with Gasteiger partial charge in [0, 0.05) is 16.3 Å². The second-order valence-electron chi connectivity index (χ2n) is 4.42. The molecule has 0 radical (unpaired) electrons. The molecular formula is C16H11NOS. The van der Waals surface area contributed by atoms with Crippen LogP contribution in [-0.4, -0.2) is 4.99 Å². The molecule has 0 atom stereocenters. The first kappa shape index (κ1) is 11.8. The molecule has 3 heteroatoms. The van der Waals surface area contributed by atoms with Gasteiger partial charge in [-0.05, 0) is 16.8 Å². The molecule has 3 rings (SSSR count). The van der Waals surface area contributed by atoms with E-state index in [0.29, 0.717) is 15.8 Å². The van der Waals surface area contributed by atoms with Crippen LogP contribution in [0.5, 0.6) is 0 Å². The number of rotatable bonds is 1. The van der Waals surface area contributed by atoms with E-state index in [1.54, 1.807) is 6.07 Å². The molecule has 0 aliphatic heterocycles. The summed E-state index contributed by atoms with van der Waals surface area (Å²) in [6.07, 6.45) is 0. The van der Waals surface area contributed by atoms with Gasteiger partial charge in [-0.1, -0.05) is 60.7 Å². The van der Waals surface area contributed by atoms with E-state index in [-0.39, 0.29) is 5.43 Å². The van der Waals surface area contributed by atoms with Crippen molar-refractivity contribution >= 4 is 38.8 Å². The summed E-state index contributed by atoms with van der Waals surface area (Å²) in [5.74, 6) is 0. The van der Waals surface area contributed by atoms with Crippen molar-refractivity contribution in [3.63, 3.8) is 0 Å². The first-order chi connectivity index (χ1) is 9.16. The summed E-state index contributed by atoms with van der Waals surface area (Å²) >= 11 is 4.97. The van der Waals surface area contributed by atoms with Crippen LogP contribution < -0.4 is 11.2 Å². The summed E-state index contributed by atoms with van der Waals surface area (Å²) in [7, 11) is 0. The predicted molar refractivity (Wildman–Crippen MR) is 83.6 cm³/mol.